The molecule has 0 radical (unpaired) electrons. The third kappa shape index (κ3) is 3.89. The molecule has 0 bridgehead atoms. The van der Waals surface area contributed by atoms with E-state index in [0.717, 1.165) is 22.7 Å². The van der Waals surface area contributed by atoms with Crippen molar-refractivity contribution in [1.29, 1.82) is 0 Å². The van der Waals surface area contributed by atoms with Crippen molar-refractivity contribution >= 4 is 41.5 Å². The molecule has 0 unspecified atom stereocenters. The van der Waals surface area contributed by atoms with E-state index in [1.165, 1.54) is 38.6 Å². The lowest BCUT2D eigenvalue weighted by molar-refractivity contribution is 0.620. The van der Waals surface area contributed by atoms with E-state index in [-0.39, 0.29) is 0 Å². The Kier molecular flexibility index (Phi) is 5.20. The van der Waals surface area contributed by atoms with Crippen molar-refractivity contribution in [2.24, 2.45) is 0 Å². The van der Waals surface area contributed by atoms with Crippen LogP contribution >= 0.6 is 0 Å². The quantitative estimate of drug-likeness (QED) is 0.278. The van der Waals surface area contributed by atoms with Crippen molar-refractivity contribution in [2.45, 2.75) is 19.9 Å². The van der Waals surface area contributed by atoms with Crippen LogP contribution in [-0.2, 0) is 0 Å². The molecule has 1 aliphatic rings. The van der Waals surface area contributed by atoms with Gasteiger partial charge in [-0.25, -0.2) is 4.98 Å². The van der Waals surface area contributed by atoms with Crippen LogP contribution in [0.3, 0.4) is 0 Å². The first-order chi connectivity index (χ1) is 16.6. The molecule has 4 aromatic carbocycles. The van der Waals surface area contributed by atoms with Gasteiger partial charge in [0, 0.05) is 5.56 Å². The maximum absolute atomic E-state index is 6.06. The number of benzene rings is 4. The number of oxazole rings is 1. The predicted molar refractivity (Wildman–Crippen MR) is 145 cm³/mol. The summed E-state index contributed by atoms with van der Waals surface area (Å²) in [5.41, 5.74) is 13.4. The van der Waals surface area contributed by atoms with Gasteiger partial charge in [-0.3, -0.25) is 0 Å². The molecule has 2 heterocycles. The Morgan fingerprint density at radius 1 is 0.706 bits per heavy atom. The van der Waals surface area contributed by atoms with Crippen LogP contribution < -0.4 is 5.19 Å². The smallest absolute Gasteiger partial charge is 0.227 e. The second-order valence-electron chi connectivity index (χ2n) is 9.05. The highest BCUT2D eigenvalue weighted by Crippen LogP contribution is 2.34. The zero-order valence-corrected chi connectivity index (χ0v) is 20.4. The maximum Gasteiger partial charge on any atom is 0.227 e. The number of aromatic nitrogens is 1. The summed E-state index contributed by atoms with van der Waals surface area (Å²) in [6.07, 6.45) is 0. The van der Waals surface area contributed by atoms with E-state index in [1.54, 1.807) is 0 Å². The second-order valence-corrected chi connectivity index (χ2v) is 11.3. The Morgan fingerprint density at radius 2 is 1.41 bits per heavy atom. The standard InChI is InChI=1S/C31H25NOSi/c1-21-8-5-10-23(16-21)27-19-34(20-28(27)24-11-6-9-22(2)17-24)26-13-7-12-25(18-26)31-32-29-14-3-4-15-30(29)33-31/h3-19H,20H2,1-2H3. The third-order valence-corrected chi connectivity index (χ3v) is 8.90. The average molecular weight is 456 g/mol. The monoisotopic (exact) mass is 455 g/mol. The van der Waals surface area contributed by atoms with Gasteiger partial charge in [-0.05, 0) is 71.6 Å². The minimum absolute atomic E-state index is 0.689. The summed E-state index contributed by atoms with van der Waals surface area (Å²) < 4.78 is 6.06. The van der Waals surface area contributed by atoms with Crippen molar-refractivity contribution < 1.29 is 4.42 Å². The van der Waals surface area contributed by atoms with Gasteiger partial charge in [0.25, 0.3) is 0 Å². The lowest BCUT2D eigenvalue weighted by Gasteiger charge is -2.10. The number of aryl methyl sites for hydroxylation is 2. The summed E-state index contributed by atoms with van der Waals surface area (Å²) >= 11 is 0. The normalized spacial score (nSPS) is 13.5. The van der Waals surface area contributed by atoms with Crippen LogP contribution in [0.2, 0.25) is 6.04 Å². The molecular formula is C31H25NOSi. The molecule has 0 saturated carbocycles. The minimum atomic E-state index is -0.933. The predicted octanol–water partition coefficient (Wildman–Crippen LogP) is 6.82. The van der Waals surface area contributed by atoms with Crippen LogP contribution in [0.5, 0.6) is 0 Å². The highest BCUT2D eigenvalue weighted by atomic mass is 28.2. The molecule has 164 valence electrons. The Labute approximate surface area is 201 Å². The van der Waals surface area contributed by atoms with Crippen LogP contribution in [0.15, 0.2) is 101 Å². The van der Waals surface area contributed by atoms with Crippen molar-refractivity contribution in [3.8, 4) is 11.5 Å². The summed E-state index contributed by atoms with van der Waals surface area (Å²) in [6.45, 7) is 4.34. The first-order valence-corrected chi connectivity index (χ1v) is 13.5. The molecule has 0 fully saturated rings. The molecule has 1 aromatic heterocycles. The van der Waals surface area contributed by atoms with Gasteiger partial charge in [0.1, 0.15) is 5.52 Å². The minimum Gasteiger partial charge on any atom is -0.436 e. The molecule has 6 rings (SSSR count). The molecule has 0 spiro atoms. The van der Waals surface area contributed by atoms with Crippen molar-refractivity contribution in [1.82, 2.24) is 4.98 Å². The van der Waals surface area contributed by atoms with Gasteiger partial charge in [-0.15, -0.1) is 0 Å². The Bertz CT molecular complexity index is 1570. The number of rotatable bonds is 4. The molecule has 34 heavy (non-hydrogen) atoms. The molecule has 5 aromatic rings. The van der Waals surface area contributed by atoms with Gasteiger partial charge >= 0.3 is 0 Å². The average Bonchev–Trinajstić information content (AvgIpc) is 3.49. The highest BCUT2D eigenvalue weighted by molar-refractivity contribution is 6.86. The second kappa shape index (κ2) is 8.51. The summed E-state index contributed by atoms with van der Waals surface area (Å²) in [6, 6.07) is 35.6. The van der Waals surface area contributed by atoms with Gasteiger partial charge in [0.05, 0.1) is 8.41 Å². The van der Waals surface area contributed by atoms with Crippen molar-refractivity contribution in [2.75, 3.05) is 0 Å². The SMILES string of the molecule is Cc1cccc(C2=C(c3cccc(C)c3)C[Si](c3cccc(-c4nc5ccccc5o4)c3)=C2)c1. The van der Waals surface area contributed by atoms with Crippen LogP contribution in [0, 0.1) is 13.8 Å². The van der Waals surface area contributed by atoms with E-state index >= 15 is 0 Å². The van der Waals surface area contributed by atoms with Crippen LogP contribution in [-0.4, -0.2) is 19.1 Å². The topological polar surface area (TPSA) is 26.0 Å². The van der Waals surface area contributed by atoms with Gasteiger partial charge in [0.15, 0.2) is 5.58 Å². The Balaban J connectivity index is 1.42. The Hall–Kier alpha value is -3.82. The van der Waals surface area contributed by atoms with Crippen LogP contribution in [0.4, 0.5) is 0 Å². The third-order valence-electron chi connectivity index (χ3n) is 6.48. The zero-order chi connectivity index (χ0) is 23.1. The van der Waals surface area contributed by atoms with E-state index < -0.39 is 8.41 Å². The summed E-state index contributed by atoms with van der Waals surface area (Å²) in [4.78, 5) is 4.72. The summed E-state index contributed by atoms with van der Waals surface area (Å²) in [7, 11) is -0.933. The van der Waals surface area contributed by atoms with Crippen molar-refractivity contribution in [3.05, 3.63) is 119 Å². The van der Waals surface area contributed by atoms with Crippen LogP contribution in [0.1, 0.15) is 22.3 Å². The van der Waals surface area contributed by atoms with Crippen LogP contribution in [0.25, 0.3) is 33.7 Å². The first-order valence-electron chi connectivity index (χ1n) is 11.7. The highest BCUT2D eigenvalue weighted by Gasteiger charge is 2.21. The van der Waals surface area contributed by atoms with E-state index in [0.29, 0.717) is 5.89 Å². The lowest BCUT2D eigenvalue weighted by Crippen LogP contribution is -2.21. The number of hydrogen-bond donors (Lipinski definition) is 0. The number of fused-ring (bicyclic) bond motifs is 1. The molecule has 0 aliphatic carbocycles. The van der Waals surface area contributed by atoms with Gasteiger partial charge in [0.2, 0.25) is 5.89 Å². The molecule has 3 heteroatoms. The van der Waals surface area contributed by atoms with Crippen molar-refractivity contribution in [3.63, 3.8) is 0 Å². The number of hydrogen-bond acceptors (Lipinski definition) is 2. The molecular weight excluding hydrogens is 430 g/mol. The molecule has 0 N–H and O–H groups in total. The maximum atomic E-state index is 6.06. The van der Waals surface area contributed by atoms with Gasteiger partial charge in [-0.1, -0.05) is 89.6 Å². The summed E-state index contributed by atoms with van der Waals surface area (Å²) in [5.74, 6) is 0.689. The number of nitrogens with zero attached hydrogens (tertiary/aromatic N) is 1. The molecule has 0 atom stereocenters. The van der Waals surface area contributed by atoms with E-state index in [9.17, 15) is 0 Å². The zero-order valence-electron chi connectivity index (χ0n) is 19.4. The van der Waals surface area contributed by atoms with E-state index in [4.69, 9.17) is 9.40 Å². The Morgan fingerprint density at radius 3 is 2.21 bits per heavy atom. The van der Waals surface area contributed by atoms with E-state index in [2.05, 4.69) is 92.3 Å². The lowest BCUT2D eigenvalue weighted by atomic mass is 9.95. The summed E-state index contributed by atoms with van der Waals surface area (Å²) in [5, 5.41) is 1.39. The molecule has 2 nitrogen and oxygen atoms in total. The fourth-order valence-corrected chi connectivity index (χ4v) is 7.38. The number of allylic oxidation sites excluding steroid dienone is 2. The molecule has 0 saturated heterocycles. The molecule has 0 amide bonds. The largest absolute Gasteiger partial charge is 0.436 e. The van der Waals surface area contributed by atoms with Gasteiger partial charge < -0.3 is 4.42 Å². The molecule has 1 aliphatic heterocycles. The fourth-order valence-electron chi connectivity index (χ4n) is 4.79. The fraction of sp³-hybridized carbons (Fsp3) is 0.0968. The van der Waals surface area contributed by atoms with Gasteiger partial charge in [-0.2, -0.15) is 0 Å². The van der Waals surface area contributed by atoms with E-state index in [1.807, 2.05) is 24.3 Å². The first kappa shape index (κ1) is 20.8. The number of para-hydroxylation sites is 2.